The Bertz CT molecular complexity index is 837. The van der Waals surface area contributed by atoms with Crippen molar-refractivity contribution in [1.82, 2.24) is 19.6 Å². The number of rotatable bonds is 1. The molecular weight excluding hydrogens is 356 g/mol. The van der Waals surface area contributed by atoms with E-state index >= 15 is 0 Å². The van der Waals surface area contributed by atoms with Gasteiger partial charge in [-0.15, -0.1) is 0 Å². The molecule has 1 N–H and O–H groups in total. The van der Waals surface area contributed by atoms with Gasteiger partial charge in [-0.05, 0) is 27.8 Å². The molecule has 0 aliphatic carbocycles. The minimum absolute atomic E-state index is 0.0932. The number of ether oxygens (including phenoxy) is 1. The monoisotopic (exact) mass is 378 g/mol. The van der Waals surface area contributed by atoms with Crippen molar-refractivity contribution in [3.05, 3.63) is 17.0 Å². The highest BCUT2D eigenvalue weighted by atomic mass is 16.6. The Morgan fingerprint density at radius 3 is 2.48 bits per heavy atom. The lowest BCUT2D eigenvalue weighted by Gasteiger charge is -2.27. The summed E-state index contributed by atoms with van der Waals surface area (Å²) < 4.78 is 6.65. The van der Waals surface area contributed by atoms with Crippen LogP contribution in [0, 0.1) is 5.92 Å². The van der Waals surface area contributed by atoms with Crippen molar-refractivity contribution in [2.24, 2.45) is 5.92 Å². The van der Waals surface area contributed by atoms with Gasteiger partial charge in [0.15, 0.2) is 0 Å². The number of aliphatic carboxylic acids is 1. The van der Waals surface area contributed by atoms with Crippen LogP contribution >= 0.6 is 0 Å². The molecule has 27 heavy (non-hydrogen) atoms. The van der Waals surface area contributed by atoms with E-state index in [4.69, 9.17) is 4.74 Å². The van der Waals surface area contributed by atoms with Crippen molar-refractivity contribution in [1.29, 1.82) is 0 Å². The van der Waals surface area contributed by atoms with Gasteiger partial charge >= 0.3 is 12.1 Å². The molecule has 10 nitrogen and oxygen atoms in total. The third-order valence-corrected chi connectivity index (χ3v) is 4.39. The van der Waals surface area contributed by atoms with E-state index in [9.17, 15) is 24.3 Å². The standard InChI is InChI=1S/C17H22N4O6/c1-17(2,3)27-16(26)21-12(22)5-10-13(14(21)23)11-8-19(4)6-9(15(24)25)7-20(11)18-10/h9H,5-8H2,1-4H3,(H,24,25). The van der Waals surface area contributed by atoms with Crippen LogP contribution < -0.4 is 0 Å². The first kappa shape index (κ1) is 19.0. The van der Waals surface area contributed by atoms with E-state index in [1.807, 2.05) is 0 Å². The van der Waals surface area contributed by atoms with Gasteiger partial charge in [-0.3, -0.25) is 24.0 Å². The molecule has 1 unspecified atom stereocenters. The zero-order valence-electron chi connectivity index (χ0n) is 15.7. The van der Waals surface area contributed by atoms with Crippen LogP contribution in [0.15, 0.2) is 0 Å². The SMILES string of the molecule is CN1Cc2c3c(nn2CC(C(=O)O)C1)CC(=O)N(C(=O)OC(C)(C)C)C3=O. The molecule has 1 atom stereocenters. The number of fused-ring (bicyclic) bond motifs is 3. The second-order valence-electron chi connectivity index (χ2n) is 7.87. The van der Waals surface area contributed by atoms with Crippen LogP contribution in [-0.4, -0.2) is 67.8 Å². The Labute approximate surface area is 155 Å². The first-order chi connectivity index (χ1) is 12.5. The van der Waals surface area contributed by atoms with Crippen LogP contribution in [-0.2, 0) is 33.8 Å². The largest absolute Gasteiger partial charge is 0.481 e. The summed E-state index contributed by atoms with van der Waals surface area (Å²) in [7, 11) is 1.75. The Balaban J connectivity index is 1.99. The smallest absolute Gasteiger partial charge is 0.424 e. The highest BCUT2D eigenvalue weighted by Gasteiger charge is 2.43. The number of carboxylic acid groups (broad SMARTS) is 1. The summed E-state index contributed by atoms with van der Waals surface area (Å²) in [4.78, 5) is 51.4. The summed E-state index contributed by atoms with van der Waals surface area (Å²) >= 11 is 0. The third-order valence-electron chi connectivity index (χ3n) is 4.39. The van der Waals surface area contributed by atoms with E-state index < -0.39 is 35.4 Å². The van der Waals surface area contributed by atoms with Gasteiger partial charge in [-0.2, -0.15) is 10.00 Å². The fourth-order valence-electron chi connectivity index (χ4n) is 3.29. The Kier molecular flexibility index (Phi) is 4.54. The van der Waals surface area contributed by atoms with Crippen molar-refractivity contribution in [3.63, 3.8) is 0 Å². The van der Waals surface area contributed by atoms with Crippen molar-refractivity contribution in [2.45, 2.75) is 45.9 Å². The Morgan fingerprint density at radius 2 is 1.89 bits per heavy atom. The van der Waals surface area contributed by atoms with Gasteiger partial charge < -0.3 is 9.84 Å². The van der Waals surface area contributed by atoms with Crippen molar-refractivity contribution < 1.29 is 29.0 Å². The average Bonchev–Trinajstić information content (AvgIpc) is 2.72. The van der Waals surface area contributed by atoms with Crippen LogP contribution in [0.4, 0.5) is 4.79 Å². The number of amides is 3. The highest BCUT2D eigenvalue weighted by molar-refractivity contribution is 6.18. The first-order valence-corrected chi connectivity index (χ1v) is 8.58. The summed E-state index contributed by atoms with van der Waals surface area (Å²) in [5, 5.41) is 13.7. The summed E-state index contributed by atoms with van der Waals surface area (Å²) in [5.74, 6) is -3.14. The van der Waals surface area contributed by atoms with Gasteiger partial charge in [-0.25, -0.2) is 4.79 Å². The Hall–Kier alpha value is -2.75. The number of imide groups is 3. The molecule has 0 spiro atoms. The highest BCUT2D eigenvalue weighted by Crippen LogP contribution is 2.28. The molecule has 3 amide bonds. The molecule has 3 heterocycles. The van der Waals surface area contributed by atoms with Crippen LogP contribution in [0.3, 0.4) is 0 Å². The number of carbonyl (C=O) groups is 4. The van der Waals surface area contributed by atoms with Crippen molar-refractivity contribution in [3.8, 4) is 0 Å². The van der Waals surface area contributed by atoms with Gasteiger partial charge in [0.1, 0.15) is 5.60 Å². The normalized spacial score (nSPS) is 20.7. The van der Waals surface area contributed by atoms with Crippen LogP contribution in [0.1, 0.15) is 42.5 Å². The molecule has 0 fully saturated rings. The zero-order chi connectivity index (χ0) is 20.1. The van der Waals surface area contributed by atoms with Crippen molar-refractivity contribution in [2.75, 3.05) is 13.6 Å². The maximum Gasteiger partial charge on any atom is 0.424 e. The Morgan fingerprint density at radius 1 is 1.22 bits per heavy atom. The summed E-state index contributed by atoms with van der Waals surface area (Å²) in [6.07, 6.45) is -1.24. The van der Waals surface area contributed by atoms with E-state index in [1.165, 1.54) is 4.68 Å². The van der Waals surface area contributed by atoms with E-state index in [2.05, 4.69) is 5.10 Å². The molecule has 2 aliphatic rings. The summed E-state index contributed by atoms with van der Waals surface area (Å²) in [6.45, 7) is 5.60. The van der Waals surface area contributed by atoms with Crippen molar-refractivity contribution >= 4 is 23.9 Å². The lowest BCUT2D eigenvalue weighted by atomic mass is 10.0. The quantitative estimate of drug-likeness (QED) is 0.701. The van der Waals surface area contributed by atoms with Crippen LogP contribution in [0.25, 0.3) is 0 Å². The van der Waals surface area contributed by atoms with Gasteiger partial charge in [0.05, 0.1) is 35.8 Å². The average molecular weight is 378 g/mol. The summed E-state index contributed by atoms with van der Waals surface area (Å²) in [6, 6.07) is 0. The fraction of sp³-hybridized carbons (Fsp3) is 0.588. The lowest BCUT2D eigenvalue weighted by molar-refractivity contribution is -0.142. The number of hydrogen-bond acceptors (Lipinski definition) is 7. The second-order valence-corrected chi connectivity index (χ2v) is 7.87. The molecule has 1 aromatic rings. The molecule has 2 aliphatic heterocycles. The summed E-state index contributed by atoms with van der Waals surface area (Å²) in [5.41, 5.74) is 0.0860. The molecule has 0 radical (unpaired) electrons. The fourth-order valence-corrected chi connectivity index (χ4v) is 3.29. The molecule has 3 rings (SSSR count). The molecule has 1 aromatic heterocycles. The molecule has 10 heteroatoms. The molecule has 0 saturated carbocycles. The maximum absolute atomic E-state index is 12.9. The zero-order valence-corrected chi connectivity index (χ0v) is 15.7. The van der Waals surface area contributed by atoms with Gasteiger partial charge in [0, 0.05) is 13.1 Å². The number of hydrogen-bond donors (Lipinski definition) is 1. The molecule has 0 bridgehead atoms. The number of carboxylic acids is 1. The van der Waals surface area contributed by atoms with E-state index in [0.29, 0.717) is 17.1 Å². The number of carbonyl (C=O) groups excluding carboxylic acids is 3. The van der Waals surface area contributed by atoms with Crippen LogP contribution in [0.5, 0.6) is 0 Å². The molecule has 0 saturated heterocycles. The minimum atomic E-state index is -1.02. The van der Waals surface area contributed by atoms with Crippen LogP contribution in [0.2, 0.25) is 0 Å². The van der Waals surface area contributed by atoms with E-state index in [0.717, 1.165) is 0 Å². The minimum Gasteiger partial charge on any atom is -0.481 e. The first-order valence-electron chi connectivity index (χ1n) is 8.58. The molecule has 146 valence electrons. The number of nitrogens with zero attached hydrogens (tertiary/aromatic N) is 4. The van der Waals surface area contributed by atoms with Gasteiger partial charge in [-0.1, -0.05) is 0 Å². The van der Waals surface area contributed by atoms with Gasteiger partial charge in [0.25, 0.3) is 5.91 Å². The van der Waals surface area contributed by atoms with E-state index in [1.54, 1.807) is 32.7 Å². The predicted molar refractivity (Wildman–Crippen MR) is 90.8 cm³/mol. The second kappa shape index (κ2) is 6.45. The molecular formula is C17H22N4O6. The topological polar surface area (TPSA) is 122 Å². The third kappa shape index (κ3) is 3.57. The lowest BCUT2D eigenvalue weighted by Crippen LogP contribution is -2.48. The van der Waals surface area contributed by atoms with E-state index in [-0.39, 0.29) is 30.8 Å². The molecule has 0 aromatic carbocycles. The number of aromatic nitrogens is 2. The maximum atomic E-state index is 12.9. The predicted octanol–water partition coefficient (Wildman–Crippen LogP) is 0.489. The van der Waals surface area contributed by atoms with Gasteiger partial charge in [0.2, 0.25) is 5.91 Å².